The molecule has 0 aliphatic rings. The van der Waals surface area contributed by atoms with Crippen LogP contribution in [-0.4, -0.2) is 49.5 Å². The van der Waals surface area contributed by atoms with Gasteiger partial charge in [0.2, 0.25) is 0 Å². The molecule has 0 saturated heterocycles. The molecule has 130 valence electrons. The van der Waals surface area contributed by atoms with E-state index in [9.17, 15) is 9.67 Å². The van der Waals surface area contributed by atoms with E-state index >= 15 is 0 Å². The molecule has 1 aromatic rings. The van der Waals surface area contributed by atoms with Crippen LogP contribution in [0, 0.1) is 0 Å². The summed E-state index contributed by atoms with van der Waals surface area (Å²) in [5.41, 5.74) is 2.26. The van der Waals surface area contributed by atoms with Gasteiger partial charge >= 0.3 is 46.0 Å². The van der Waals surface area contributed by atoms with Crippen LogP contribution in [0.15, 0.2) is 12.1 Å². The van der Waals surface area contributed by atoms with E-state index in [-0.39, 0.29) is 55.2 Å². The first-order valence-electron chi connectivity index (χ1n) is 7.63. The molecule has 4 nitrogen and oxygen atoms in total. The van der Waals surface area contributed by atoms with Gasteiger partial charge in [-0.2, -0.15) is 0 Å². The summed E-state index contributed by atoms with van der Waals surface area (Å²) >= 11 is 0. The first-order valence-corrected chi connectivity index (χ1v) is 8.85. The van der Waals surface area contributed by atoms with E-state index < -0.39 is 8.25 Å². The number of hydrogen-bond donors (Lipinski definition) is 1. The summed E-state index contributed by atoms with van der Waals surface area (Å²) in [6.07, 6.45) is 0. The van der Waals surface area contributed by atoms with Crippen molar-refractivity contribution in [1.82, 2.24) is 0 Å². The van der Waals surface area contributed by atoms with Crippen LogP contribution in [0.1, 0.15) is 65.2 Å². The third kappa shape index (κ3) is 7.05. The first-order chi connectivity index (χ1) is 9.96. The van der Waals surface area contributed by atoms with Crippen molar-refractivity contribution in [3.8, 4) is 5.75 Å². The monoisotopic (exact) mass is 370 g/mol. The number of rotatable bonds is 5. The molecule has 0 bridgehead atoms. The zero-order valence-electron chi connectivity index (χ0n) is 14.7. The fraction of sp³-hybridized carbons (Fsp3) is 0.647. The van der Waals surface area contributed by atoms with E-state index in [2.05, 4.69) is 41.5 Å². The Hall–Kier alpha value is 0.430. The minimum atomic E-state index is -2.46. The van der Waals surface area contributed by atoms with Crippen LogP contribution in [0.25, 0.3) is 0 Å². The van der Waals surface area contributed by atoms with Crippen molar-refractivity contribution in [1.29, 1.82) is 0 Å². The van der Waals surface area contributed by atoms with E-state index in [1.54, 1.807) is 6.92 Å². The quantitative estimate of drug-likeness (QED) is 0.628. The molecular weight excluding hydrogens is 339 g/mol. The van der Waals surface area contributed by atoms with Gasteiger partial charge in [-0.3, -0.25) is 4.57 Å². The molecule has 0 aliphatic heterocycles. The topological polar surface area (TPSA) is 55.8 Å². The molecule has 0 spiro atoms. The van der Waals surface area contributed by atoms with Gasteiger partial charge in [0.25, 0.3) is 0 Å². The van der Waals surface area contributed by atoms with Crippen LogP contribution in [0.4, 0.5) is 0 Å². The standard InChI is InChI=1S/C17H29O4P.Ca.2H/c1-8-20-22(19)21-11-12-9-13(16(2,3)4)15(18)14(10-12)17(5,6)7;;;/h9-10,18,22H,8,11H2,1-7H3;;;. The Balaban J connectivity index is 0.00000484. The van der Waals surface area contributed by atoms with Crippen LogP contribution < -0.4 is 0 Å². The molecule has 1 unspecified atom stereocenters. The Morgan fingerprint density at radius 2 is 1.43 bits per heavy atom. The summed E-state index contributed by atoms with van der Waals surface area (Å²) in [5.74, 6) is 0.334. The van der Waals surface area contributed by atoms with E-state index in [1.165, 1.54) is 0 Å². The average Bonchev–Trinajstić information content (AvgIpc) is 2.35. The van der Waals surface area contributed by atoms with Gasteiger partial charge in [0.05, 0.1) is 13.2 Å². The fourth-order valence-electron chi connectivity index (χ4n) is 2.22. The van der Waals surface area contributed by atoms with Crippen LogP contribution in [0.3, 0.4) is 0 Å². The van der Waals surface area contributed by atoms with Gasteiger partial charge in [-0.1, -0.05) is 41.5 Å². The SMILES string of the molecule is CCO[PH](=O)OCc1cc(C(C)(C)C)c(O)c(C(C)(C)C)c1.[CaH2]. The molecular formula is C17H31CaO4P. The predicted molar refractivity (Wildman–Crippen MR) is 99.5 cm³/mol. The van der Waals surface area contributed by atoms with Gasteiger partial charge in [-0.25, -0.2) is 0 Å². The summed E-state index contributed by atoms with van der Waals surface area (Å²) in [4.78, 5) is 0. The molecule has 0 aliphatic carbocycles. The first kappa shape index (κ1) is 23.4. The summed E-state index contributed by atoms with van der Waals surface area (Å²) in [5, 5.41) is 10.6. The van der Waals surface area contributed by atoms with Gasteiger partial charge in [0.1, 0.15) is 5.75 Å². The van der Waals surface area contributed by atoms with Crippen molar-refractivity contribution < 1.29 is 18.7 Å². The molecule has 0 fully saturated rings. The summed E-state index contributed by atoms with van der Waals surface area (Å²) in [7, 11) is -2.46. The van der Waals surface area contributed by atoms with E-state index in [0.717, 1.165) is 16.7 Å². The molecule has 0 aromatic heterocycles. The fourth-order valence-corrected chi connectivity index (χ4v) is 2.83. The average molecular weight is 370 g/mol. The van der Waals surface area contributed by atoms with Crippen LogP contribution >= 0.6 is 8.25 Å². The Labute approximate surface area is 170 Å². The second kappa shape index (κ2) is 9.22. The summed E-state index contributed by atoms with van der Waals surface area (Å²) < 4.78 is 21.8. The molecule has 0 amide bonds. The Morgan fingerprint density at radius 1 is 1.00 bits per heavy atom. The van der Waals surface area contributed by atoms with Crippen LogP contribution in [-0.2, 0) is 31.0 Å². The van der Waals surface area contributed by atoms with Gasteiger partial charge in [-0.15, -0.1) is 0 Å². The van der Waals surface area contributed by atoms with Crippen molar-refractivity contribution in [3.63, 3.8) is 0 Å². The van der Waals surface area contributed by atoms with Crippen molar-refractivity contribution in [2.24, 2.45) is 0 Å². The molecule has 1 aromatic carbocycles. The maximum atomic E-state index is 11.5. The number of hydrogen-bond acceptors (Lipinski definition) is 4. The van der Waals surface area contributed by atoms with Crippen LogP contribution in [0.2, 0.25) is 0 Å². The minimum absolute atomic E-state index is 0. The second-order valence-electron chi connectivity index (χ2n) is 7.51. The Bertz CT molecular complexity index is 509. The molecule has 0 heterocycles. The number of benzene rings is 1. The molecule has 1 rings (SSSR count). The van der Waals surface area contributed by atoms with E-state index in [0.29, 0.717) is 12.4 Å². The summed E-state index contributed by atoms with van der Waals surface area (Å²) in [6.45, 7) is 14.7. The van der Waals surface area contributed by atoms with Gasteiger partial charge < -0.3 is 14.2 Å². The molecule has 23 heavy (non-hydrogen) atoms. The van der Waals surface area contributed by atoms with Crippen LogP contribution in [0.5, 0.6) is 5.75 Å². The molecule has 0 radical (unpaired) electrons. The summed E-state index contributed by atoms with van der Waals surface area (Å²) in [6, 6.07) is 3.84. The molecule has 0 saturated carbocycles. The molecule has 6 heteroatoms. The zero-order valence-corrected chi connectivity index (χ0v) is 15.7. The zero-order chi connectivity index (χ0) is 17.1. The number of phenolic OH excluding ortho intramolecular Hbond substituents is 1. The van der Waals surface area contributed by atoms with Gasteiger partial charge in [-0.05, 0) is 46.6 Å². The second-order valence-corrected chi connectivity index (χ2v) is 8.59. The van der Waals surface area contributed by atoms with Crippen molar-refractivity contribution in [2.45, 2.75) is 65.9 Å². The Kier molecular flexibility index (Phi) is 9.39. The third-order valence-electron chi connectivity index (χ3n) is 3.40. The van der Waals surface area contributed by atoms with Crippen molar-refractivity contribution in [2.75, 3.05) is 6.61 Å². The maximum absolute atomic E-state index is 11.5. The molecule has 1 N–H and O–H groups in total. The van der Waals surface area contributed by atoms with Gasteiger partial charge in [0, 0.05) is 0 Å². The van der Waals surface area contributed by atoms with E-state index in [1.807, 2.05) is 12.1 Å². The number of aromatic hydroxyl groups is 1. The van der Waals surface area contributed by atoms with E-state index in [4.69, 9.17) is 9.05 Å². The predicted octanol–water partition coefficient (Wildman–Crippen LogP) is 4.01. The molecule has 1 atom stereocenters. The number of phenols is 1. The van der Waals surface area contributed by atoms with Gasteiger partial charge in [0.15, 0.2) is 0 Å². The van der Waals surface area contributed by atoms with Crippen molar-refractivity contribution >= 4 is 46.0 Å². The Morgan fingerprint density at radius 3 is 1.78 bits per heavy atom. The van der Waals surface area contributed by atoms with Crippen molar-refractivity contribution in [3.05, 3.63) is 28.8 Å². The third-order valence-corrected chi connectivity index (χ3v) is 4.31. The normalized spacial score (nSPS) is 13.5.